The van der Waals surface area contributed by atoms with Crippen LogP contribution in [-0.4, -0.2) is 23.1 Å². The summed E-state index contributed by atoms with van der Waals surface area (Å²) < 4.78 is 1.02. The maximum Gasteiger partial charge on any atom is 0.159 e. The lowest BCUT2D eigenvalue weighted by atomic mass is 10.2. The second-order valence-corrected chi connectivity index (χ2v) is 4.83. The second-order valence-electron chi connectivity index (χ2n) is 3.92. The number of halogens is 1. The van der Waals surface area contributed by atoms with Crippen LogP contribution in [0.25, 0.3) is 11.4 Å². The highest BCUT2D eigenvalue weighted by Gasteiger charge is 2.05. The molecule has 0 unspecified atom stereocenters. The van der Waals surface area contributed by atoms with E-state index in [0.717, 1.165) is 33.8 Å². The Morgan fingerprint density at radius 3 is 2.89 bits per heavy atom. The van der Waals surface area contributed by atoms with Gasteiger partial charge in [-0.3, -0.25) is 0 Å². The van der Waals surface area contributed by atoms with Crippen LogP contribution in [0.15, 0.2) is 34.9 Å². The Kier molecular flexibility index (Phi) is 4.28. The van der Waals surface area contributed by atoms with Crippen LogP contribution in [0, 0.1) is 6.92 Å². The Bertz CT molecular complexity index is 542. The van der Waals surface area contributed by atoms with Gasteiger partial charge in [0, 0.05) is 23.1 Å². The molecule has 94 valence electrons. The van der Waals surface area contributed by atoms with Crippen molar-refractivity contribution in [3.63, 3.8) is 0 Å². The minimum absolute atomic E-state index is 0.590. The third-order valence-electron chi connectivity index (χ3n) is 2.52. The Morgan fingerprint density at radius 2 is 2.22 bits per heavy atom. The van der Waals surface area contributed by atoms with Gasteiger partial charge in [0.2, 0.25) is 0 Å². The van der Waals surface area contributed by atoms with E-state index in [-0.39, 0.29) is 0 Å². The number of anilines is 1. The molecule has 0 amide bonds. The molecule has 0 aliphatic carbocycles. The van der Waals surface area contributed by atoms with Gasteiger partial charge in [0.05, 0.1) is 17.6 Å². The highest BCUT2D eigenvalue weighted by Crippen LogP contribution is 2.21. The van der Waals surface area contributed by atoms with Gasteiger partial charge >= 0.3 is 0 Å². The van der Waals surface area contributed by atoms with Gasteiger partial charge in [-0.25, -0.2) is 9.97 Å². The van der Waals surface area contributed by atoms with Crippen molar-refractivity contribution >= 4 is 21.6 Å². The molecule has 1 aromatic heterocycles. The van der Waals surface area contributed by atoms with Crippen LogP contribution in [0.1, 0.15) is 5.69 Å². The van der Waals surface area contributed by atoms with Crippen molar-refractivity contribution in [2.45, 2.75) is 6.92 Å². The van der Waals surface area contributed by atoms with Crippen molar-refractivity contribution < 1.29 is 0 Å². The third kappa shape index (κ3) is 3.05. The number of rotatable bonds is 4. The quantitative estimate of drug-likeness (QED) is 0.911. The van der Waals surface area contributed by atoms with E-state index in [9.17, 15) is 0 Å². The second kappa shape index (κ2) is 5.93. The van der Waals surface area contributed by atoms with Gasteiger partial charge in [-0.05, 0) is 19.1 Å². The van der Waals surface area contributed by atoms with Crippen LogP contribution in [0.2, 0.25) is 0 Å². The lowest BCUT2D eigenvalue weighted by molar-refractivity contribution is 1.00. The van der Waals surface area contributed by atoms with Gasteiger partial charge in [-0.1, -0.05) is 28.1 Å². The predicted octanol–water partition coefficient (Wildman–Crippen LogP) is 2.59. The molecule has 0 bridgehead atoms. The molecular weight excluding hydrogens is 292 g/mol. The number of hydrogen-bond donors (Lipinski definition) is 2. The molecule has 0 fully saturated rings. The first-order valence-electron chi connectivity index (χ1n) is 5.74. The fourth-order valence-corrected chi connectivity index (χ4v) is 2.01. The van der Waals surface area contributed by atoms with E-state index in [1.165, 1.54) is 0 Å². The van der Waals surface area contributed by atoms with E-state index < -0.39 is 0 Å². The van der Waals surface area contributed by atoms with E-state index in [2.05, 4.69) is 31.2 Å². The number of aromatic nitrogens is 2. The summed E-state index contributed by atoms with van der Waals surface area (Å²) in [5.74, 6) is 0.729. The van der Waals surface area contributed by atoms with Gasteiger partial charge in [-0.15, -0.1) is 0 Å². The maximum atomic E-state index is 5.46. The summed E-state index contributed by atoms with van der Waals surface area (Å²) in [7, 11) is 0. The smallest absolute Gasteiger partial charge is 0.159 e. The summed E-state index contributed by atoms with van der Waals surface area (Å²) in [6, 6.07) is 7.94. The molecule has 0 spiro atoms. The van der Waals surface area contributed by atoms with Crippen LogP contribution in [0.3, 0.4) is 0 Å². The molecule has 3 N–H and O–H groups in total. The molecule has 1 heterocycles. The van der Waals surface area contributed by atoms with Crippen molar-refractivity contribution in [3.8, 4) is 11.4 Å². The van der Waals surface area contributed by atoms with Gasteiger partial charge in [-0.2, -0.15) is 0 Å². The van der Waals surface area contributed by atoms with Crippen LogP contribution < -0.4 is 11.1 Å². The molecular formula is C13H15BrN4. The first kappa shape index (κ1) is 13.0. The summed E-state index contributed by atoms with van der Waals surface area (Å²) in [4.78, 5) is 8.87. The van der Waals surface area contributed by atoms with Crippen molar-refractivity contribution in [1.82, 2.24) is 9.97 Å². The first-order valence-corrected chi connectivity index (χ1v) is 6.53. The Labute approximate surface area is 115 Å². The number of nitrogens with zero attached hydrogens (tertiary/aromatic N) is 2. The van der Waals surface area contributed by atoms with Gasteiger partial charge in [0.15, 0.2) is 5.82 Å². The summed E-state index contributed by atoms with van der Waals surface area (Å²) in [5, 5.41) is 3.19. The standard InChI is InChI=1S/C13H15BrN4/c1-9-12(16-6-5-15)8-17-13(18-9)10-3-2-4-11(14)7-10/h2-4,7-8,16H,5-6,15H2,1H3. The maximum absolute atomic E-state index is 5.46. The topological polar surface area (TPSA) is 63.8 Å². The Balaban J connectivity index is 2.28. The summed E-state index contributed by atoms with van der Waals surface area (Å²) >= 11 is 3.44. The molecule has 0 aliphatic heterocycles. The lowest BCUT2D eigenvalue weighted by Crippen LogP contribution is -2.14. The molecule has 0 saturated carbocycles. The zero-order valence-electron chi connectivity index (χ0n) is 10.2. The number of nitrogens with one attached hydrogen (secondary N) is 1. The number of aryl methyl sites for hydroxylation is 1. The van der Waals surface area contributed by atoms with E-state index >= 15 is 0 Å². The van der Waals surface area contributed by atoms with E-state index in [1.807, 2.05) is 31.2 Å². The molecule has 0 saturated heterocycles. The fourth-order valence-electron chi connectivity index (χ4n) is 1.61. The molecule has 0 radical (unpaired) electrons. The van der Waals surface area contributed by atoms with E-state index in [1.54, 1.807) is 6.20 Å². The predicted molar refractivity (Wildman–Crippen MR) is 77.4 cm³/mol. The molecule has 0 atom stereocenters. The van der Waals surface area contributed by atoms with Crippen LogP contribution in [0.4, 0.5) is 5.69 Å². The zero-order valence-corrected chi connectivity index (χ0v) is 11.7. The molecule has 2 rings (SSSR count). The zero-order chi connectivity index (χ0) is 13.0. The molecule has 5 heteroatoms. The van der Waals surface area contributed by atoms with Gasteiger partial charge in [0.1, 0.15) is 0 Å². The highest BCUT2D eigenvalue weighted by molar-refractivity contribution is 9.10. The van der Waals surface area contributed by atoms with Crippen LogP contribution in [0.5, 0.6) is 0 Å². The first-order chi connectivity index (χ1) is 8.70. The minimum Gasteiger partial charge on any atom is -0.381 e. The average molecular weight is 307 g/mol. The Hall–Kier alpha value is -1.46. The van der Waals surface area contributed by atoms with Gasteiger partial charge in [0.25, 0.3) is 0 Å². The fraction of sp³-hybridized carbons (Fsp3) is 0.231. The van der Waals surface area contributed by atoms with Crippen molar-refractivity contribution in [2.24, 2.45) is 5.73 Å². The SMILES string of the molecule is Cc1nc(-c2cccc(Br)c2)ncc1NCCN. The van der Waals surface area contributed by atoms with E-state index in [4.69, 9.17) is 5.73 Å². The van der Waals surface area contributed by atoms with Crippen molar-refractivity contribution in [1.29, 1.82) is 0 Å². The molecule has 2 aromatic rings. The lowest BCUT2D eigenvalue weighted by Gasteiger charge is -2.08. The van der Waals surface area contributed by atoms with Crippen molar-refractivity contribution in [2.75, 3.05) is 18.4 Å². The number of benzene rings is 1. The molecule has 4 nitrogen and oxygen atoms in total. The van der Waals surface area contributed by atoms with Gasteiger partial charge < -0.3 is 11.1 Å². The highest BCUT2D eigenvalue weighted by atomic mass is 79.9. The summed E-state index contributed by atoms with van der Waals surface area (Å²) in [6.45, 7) is 3.27. The minimum atomic E-state index is 0.590. The molecule has 18 heavy (non-hydrogen) atoms. The van der Waals surface area contributed by atoms with Crippen LogP contribution >= 0.6 is 15.9 Å². The van der Waals surface area contributed by atoms with Crippen molar-refractivity contribution in [3.05, 3.63) is 40.6 Å². The number of hydrogen-bond acceptors (Lipinski definition) is 4. The third-order valence-corrected chi connectivity index (χ3v) is 3.02. The van der Waals surface area contributed by atoms with E-state index in [0.29, 0.717) is 6.54 Å². The molecule has 0 aliphatic rings. The normalized spacial score (nSPS) is 10.4. The van der Waals surface area contributed by atoms with Crippen LogP contribution in [-0.2, 0) is 0 Å². The Morgan fingerprint density at radius 1 is 1.39 bits per heavy atom. The summed E-state index contributed by atoms with van der Waals surface area (Å²) in [6.07, 6.45) is 1.80. The monoisotopic (exact) mass is 306 g/mol. The average Bonchev–Trinajstić information content (AvgIpc) is 2.37. The molecule has 1 aromatic carbocycles. The largest absolute Gasteiger partial charge is 0.381 e. The number of nitrogens with two attached hydrogens (primary N) is 1. The summed E-state index contributed by atoms with van der Waals surface area (Å²) in [5.41, 5.74) is 8.31.